The van der Waals surface area contributed by atoms with Gasteiger partial charge in [-0.05, 0) is 17.7 Å². The SMILES string of the molecule is COc1cccc(C2NC(=O)CS2)c1. The largest absolute Gasteiger partial charge is 0.497 e. The molecule has 1 saturated heterocycles. The first-order chi connectivity index (χ1) is 6.79. The minimum absolute atomic E-state index is 0.0811. The van der Waals surface area contributed by atoms with Crippen molar-refractivity contribution in [3.63, 3.8) is 0 Å². The lowest BCUT2D eigenvalue weighted by atomic mass is 10.2. The van der Waals surface area contributed by atoms with E-state index in [2.05, 4.69) is 5.32 Å². The van der Waals surface area contributed by atoms with E-state index in [-0.39, 0.29) is 11.3 Å². The van der Waals surface area contributed by atoms with Gasteiger partial charge < -0.3 is 10.1 Å². The van der Waals surface area contributed by atoms with Gasteiger partial charge in [-0.2, -0.15) is 0 Å². The maximum atomic E-state index is 11.0. The lowest BCUT2D eigenvalue weighted by molar-refractivity contribution is -0.118. The normalized spacial score (nSPS) is 20.6. The standard InChI is InChI=1S/C10H11NO2S/c1-13-8-4-2-3-7(5-8)10-11-9(12)6-14-10/h2-5,10H,6H2,1H3,(H,11,12). The van der Waals surface area contributed by atoms with Crippen LogP contribution in [0.1, 0.15) is 10.9 Å². The van der Waals surface area contributed by atoms with Crippen LogP contribution in [0.25, 0.3) is 0 Å². The summed E-state index contributed by atoms with van der Waals surface area (Å²) in [6, 6.07) is 7.76. The lowest BCUT2D eigenvalue weighted by Crippen LogP contribution is -2.18. The fraction of sp³-hybridized carbons (Fsp3) is 0.300. The highest BCUT2D eigenvalue weighted by molar-refractivity contribution is 8.00. The van der Waals surface area contributed by atoms with Gasteiger partial charge in [0.25, 0.3) is 0 Å². The number of ether oxygens (including phenoxy) is 1. The molecule has 0 aliphatic carbocycles. The molecule has 4 heteroatoms. The van der Waals surface area contributed by atoms with Crippen LogP contribution in [-0.2, 0) is 4.79 Å². The van der Waals surface area contributed by atoms with Crippen LogP contribution in [0.5, 0.6) is 5.75 Å². The summed E-state index contributed by atoms with van der Waals surface area (Å²) in [6.07, 6.45) is 0. The Morgan fingerprint density at radius 3 is 3.07 bits per heavy atom. The quantitative estimate of drug-likeness (QED) is 0.803. The van der Waals surface area contributed by atoms with E-state index in [0.717, 1.165) is 11.3 Å². The molecule has 0 saturated carbocycles. The van der Waals surface area contributed by atoms with Gasteiger partial charge in [0, 0.05) is 0 Å². The molecule has 0 bridgehead atoms. The lowest BCUT2D eigenvalue weighted by Gasteiger charge is -2.10. The Balaban J connectivity index is 2.19. The van der Waals surface area contributed by atoms with E-state index in [1.54, 1.807) is 18.9 Å². The molecule has 14 heavy (non-hydrogen) atoms. The smallest absolute Gasteiger partial charge is 0.231 e. The van der Waals surface area contributed by atoms with Gasteiger partial charge in [0.15, 0.2) is 0 Å². The van der Waals surface area contributed by atoms with E-state index in [0.29, 0.717) is 5.75 Å². The monoisotopic (exact) mass is 209 g/mol. The Morgan fingerprint density at radius 1 is 1.57 bits per heavy atom. The second-order valence-corrected chi connectivity index (χ2v) is 4.13. The second-order valence-electron chi connectivity index (χ2n) is 3.04. The van der Waals surface area contributed by atoms with Gasteiger partial charge in [0.05, 0.1) is 12.9 Å². The number of hydrogen-bond acceptors (Lipinski definition) is 3. The van der Waals surface area contributed by atoms with E-state index < -0.39 is 0 Å². The number of nitrogens with one attached hydrogen (secondary N) is 1. The fourth-order valence-corrected chi connectivity index (χ4v) is 2.33. The van der Waals surface area contributed by atoms with E-state index in [1.807, 2.05) is 24.3 Å². The number of carbonyl (C=O) groups excluding carboxylic acids is 1. The van der Waals surface area contributed by atoms with Crippen LogP contribution in [0.3, 0.4) is 0 Å². The Hall–Kier alpha value is -1.16. The summed E-state index contributed by atoms with van der Waals surface area (Å²) < 4.78 is 5.12. The maximum absolute atomic E-state index is 11.0. The zero-order valence-electron chi connectivity index (χ0n) is 7.82. The van der Waals surface area contributed by atoms with Crippen LogP contribution in [-0.4, -0.2) is 18.8 Å². The first-order valence-corrected chi connectivity index (χ1v) is 5.39. The topological polar surface area (TPSA) is 38.3 Å². The van der Waals surface area contributed by atoms with Gasteiger partial charge in [-0.15, -0.1) is 11.8 Å². The van der Waals surface area contributed by atoms with Crippen molar-refractivity contribution in [3.05, 3.63) is 29.8 Å². The molecular formula is C10H11NO2S. The van der Waals surface area contributed by atoms with Crippen molar-refractivity contribution in [1.29, 1.82) is 0 Å². The molecule has 0 aromatic heterocycles. The summed E-state index contributed by atoms with van der Waals surface area (Å²) in [4.78, 5) is 11.0. The first kappa shape index (κ1) is 9.40. The average molecular weight is 209 g/mol. The predicted molar refractivity (Wildman–Crippen MR) is 56.3 cm³/mol. The fourth-order valence-electron chi connectivity index (χ4n) is 1.37. The molecule has 1 N–H and O–H groups in total. The van der Waals surface area contributed by atoms with Crippen LogP contribution in [0.15, 0.2) is 24.3 Å². The van der Waals surface area contributed by atoms with Crippen LogP contribution in [0, 0.1) is 0 Å². The van der Waals surface area contributed by atoms with Crippen LogP contribution in [0.4, 0.5) is 0 Å². The molecule has 1 unspecified atom stereocenters. The summed E-state index contributed by atoms with van der Waals surface area (Å²) in [5, 5.41) is 2.97. The molecule has 1 fully saturated rings. The van der Waals surface area contributed by atoms with Crippen molar-refractivity contribution in [3.8, 4) is 5.75 Å². The van der Waals surface area contributed by atoms with Gasteiger partial charge in [-0.1, -0.05) is 12.1 Å². The van der Waals surface area contributed by atoms with Gasteiger partial charge in [0.2, 0.25) is 5.91 Å². The molecule has 1 amide bonds. The summed E-state index contributed by atoms with van der Waals surface area (Å²) in [7, 11) is 1.64. The first-order valence-electron chi connectivity index (χ1n) is 4.34. The van der Waals surface area contributed by atoms with Crippen molar-refractivity contribution in [2.45, 2.75) is 5.37 Å². The number of hydrogen-bond donors (Lipinski definition) is 1. The van der Waals surface area contributed by atoms with E-state index >= 15 is 0 Å². The Kier molecular flexibility index (Phi) is 2.63. The molecule has 74 valence electrons. The molecule has 1 aromatic carbocycles. The minimum Gasteiger partial charge on any atom is -0.497 e. The number of amides is 1. The van der Waals surface area contributed by atoms with Gasteiger partial charge in [0.1, 0.15) is 11.1 Å². The molecule has 1 aliphatic rings. The maximum Gasteiger partial charge on any atom is 0.231 e. The Labute approximate surface area is 86.8 Å². The summed E-state index contributed by atoms with van der Waals surface area (Å²) >= 11 is 1.61. The molecule has 1 atom stereocenters. The number of carbonyl (C=O) groups is 1. The summed E-state index contributed by atoms with van der Waals surface area (Å²) in [6.45, 7) is 0. The second kappa shape index (κ2) is 3.92. The molecular weight excluding hydrogens is 198 g/mol. The highest BCUT2D eigenvalue weighted by Crippen LogP contribution is 2.31. The van der Waals surface area contributed by atoms with Gasteiger partial charge >= 0.3 is 0 Å². The zero-order chi connectivity index (χ0) is 9.97. The molecule has 1 heterocycles. The Morgan fingerprint density at radius 2 is 2.43 bits per heavy atom. The third-order valence-electron chi connectivity index (χ3n) is 2.07. The third kappa shape index (κ3) is 1.85. The predicted octanol–water partition coefficient (Wildman–Crippen LogP) is 1.56. The van der Waals surface area contributed by atoms with Crippen molar-refractivity contribution in [2.75, 3.05) is 12.9 Å². The van der Waals surface area contributed by atoms with Crippen molar-refractivity contribution in [1.82, 2.24) is 5.32 Å². The minimum atomic E-state index is 0.0811. The molecule has 2 rings (SSSR count). The molecule has 1 aliphatic heterocycles. The molecule has 1 aromatic rings. The highest BCUT2D eigenvalue weighted by atomic mass is 32.2. The number of benzene rings is 1. The van der Waals surface area contributed by atoms with E-state index in [4.69, 9.17) is 4.74 Å². The molecule has 3 nitrogen and oxygen atoms in total. The van der Waals surface area contributed by atoms with Crippen molar-refractivity contribution in [2.24, 2.45) is 0 Å². The summed E-state index contributed by atoms with van der Waals surface area (Å²) in [5.41, 5.74) is 1.08. The van der Waals surface area contributed by atoms with Crippen LogP contribution in [0.2, 0.25) is 0 Å². The highest BCUT2D eigenvalue weighted by Gasteiger charge is 2.22. The van der Waals surface area contributed by atoms with Gasteiger partial charge in [-0.25, -0.2) is 0 Å². The number of methoxy groups -OCH3 is 1. The third-order valence-corrected chi connectivity index (χ3v) is 3.22. The number of thioether (sulfide) groups is 1. The van der Waals surface area contributed by atoms with Crippen molar-refractivity contribution < 1.29 is 9.53 Å². The van der Waals surface area contributed by atoms with Crippen LogP contribution >= 0.6 is 11.8 Å². The van der Waals surface area contributed by atoms with E-state index in [9.17, 15) is 4.79 Å². The van der Waals surface area contributed by atoms with Crippen LogP contribution < -0.4 is 10.1 Å². The molecule has 0 spiro atoms. The zero-order valence-corrected chi connectivity index (χ0v) is 8.64. The average Bonchev–Trinajstić information content (AvgIpc) is 2.65. The van der Waals surface area contributed by atoms with Gasteiger partial charge in [-0.3, -0.25) is 4.79 Å². The number of rotatable bonds is 2. The van der Waals surface area contributed by atoms with Crippen molar-refractivity contribution >= 4 is 17.7 Å². The molecule has 0 radical (unpaired) electrons. The van der Waals surface area contributed by atoms with E-state index in [1.165, 1.54) is 0 Å². The Bertz CT molecular complexity index is 354. The summed E-state index contributed by atoms with van der Waals surface area (Å²) in [5.74, 6) is 1.47.